The quantitative estimate of drug-likeness (QED) is 0.735. The number of amides is 1. The molecule has 0 radical (unpaired) electrons. The number of carbonyl (C=O) groups is 1. The number of rotatable bonds is 7. The number of thioether (sulfide) groups is 1. The topological polar surface area (TPSA) is 93.3 Å². The van der Waals surface area contributed by atoms with E-state index in [9.17, 15) is 9.59 Å². The molecule has 1 aromatic rings. The average molecular weight is 379 g/mol. The highest BCUT2D eigenvalue weighted by atomic mass is 32.2. The zero-order valence-electron chi connectivity index (χ0n) is 15.8. The Morgan fingerprint density at radius 1 is 1.54 bits per heavy atom. The second kappa shape index (κ2) is 8.53. The molecule has 1 aliphatic heterocycles. The lowest BCUT2D eigenvalue weighted by atomic mass is 10.0. The first-order valence-corrected chi connectivity index (χ1v) is 9.48. The normalized spacial score (nSPS) is 21.3. The van der Waals surface area contributed by atoms with Crippen LogP contribution < -0.4 is 15.7 Å². The Morgan fingerprint density at radius 3 is 2.88 bits per heavy atom. The van der Waals surface area contributed by atoms with Gasteiger partial charge in [-0.05, 0) is 20.3 Å². The molecular formula is C18H25N3O4S. The fraction of sp³-hybridized carbons (Fsp3) is 0.556. The van der Waals surface area contributed by atoms with E-state index >= 15 is 0 Å². The molecule has 0 aliphatic carbocycles. The first kappa shape index (κ1) is 20.2. The highest BCUT2D eigenvalue weighted by Gasteiger charge is 2.39. The van der Waals surface area contributed by atoms with Crippen LogP contribution in [-0.4, -0.2) is 42.1 Å². The molecule has 26 heavy (non-hydrogen) atoms. The minimum absolute atomic E-state index is 0.201. The molecule has 1 N–H and O–H groups in total. The molecule has 8 heteroatoms. The van der Waals surface area contributed by atoms with Crippen LogP contribution in [0, 0.1) is 0 Å². The lowest BCUT2D eigenvalue weighted by molar-refractivity contribution is -0.125. The second-order valence-corrected chi connectivity index (χ2v) is 7.29. The van der Waals surface area contributed by atoms with Crippen molar-refractivity contribution in [3.63, 3.8) is 0 Å². The van der Waals surface area contributed by atoms with Crippen LogP contribution in [0.5, 0.6) is 5.75 Å². The maximum absolute atomic E-state index is 12.9. The molecule has 2 rings (SSSR count). The van der Waals surface area contributed by atoms with E-state index in [2.05, 4.69) is 15.3 Å². The predicted octanol–water partition coefficient (Wildman–Crippen LogP) is 2.60. The molecule has 0 saturated heterocycles. The second-order valence-electron chi connectivity index (χ2n) is 6.32. The third-order valence-corrected chi connectivity index (χ3v) is 5.56. The standard InChI is InChI=1S/C18H25N3O4S/c1-6-7-13(14-8-12(24-5)9-15(22)25-14)20-17(23)18(3)10-26-16(21-18)11(2)19-4/h8-9,13H,6-7,10H2,1-5H3,(H,20,23)/t13-,18+/m1/s1. The van der Waals surface area contributed by atoms with E-state index in [0.717, 1.165) is 17.2 Å². The lowest BCUT2D eigenvalue weighted by Gasteiger charge is -2.24. The number of nitrogens with zero attached hydrogens (tertiary/aromatic N) is 2. The molecule has 7 nitrogen and oxygen atoms in total. The first-order chi connectivity index (χ1) is 12.3. The van der Waals surface area contributed by atoms with E-state index in [1.54, 1.807) is 20.0 Å². The molecule has 2 heterocycles. The molecule has 0 unspecified atom stereocenters. The fourth-order valence-corrected chi connectivity index (χ4v) is 3.73. The van der Waals surface area contributed by atoms with Crippen LogP contribution >= 0.6 is 11.8 Å². The van der Waals surface area contributed by atoms with Crippen LogP contribution in [-0.2, 0) is 4.79 Å². The number of aliphatic imine (C=N–C) groups is 2. The molecule has 0 spiro atoms. The maximum atomic E-state index is 12.9. The highest BCUT2D eigenvalue weighted by molar-refractivity contribution is 8.16. The van der Waals surface area contributed by atoms with Crippen LogP contribution in [0.1, 0.15) is 45.4 Å². The van der Waals surface area contributed by atoms with Crippen molar-refractivity contribution in [1.82, 2.24) is 5.32 Å². The Hall–Kier alpha value is -2.09. The van der Waals surface area contributed by atoms with Crippen molar-refractivity contribution in [2.75, 3.05) is 19.9 Å². The SMILES string of the molecule is CCC[C@@H](NC(=O)[C@]1(C)CSC(C(C)=NC)=N1)c1cc(OC)cc(=O)o1. The fourth-order valence-electron chi connectivity index (χ4n) is 2.55. The lowest BCUT2D eigenvalue weighted by Crippen LogP contribution is -2.45. The van der Waals surface area contributed by atoms with Gasteiger partial charge in [-0.3, -0.25) is 14.8 Å². The Morgan fingerprint density at radius 2 is 2.27 bits per heavy atom. The molecule has 1 aliphatic rings. The molecular weight excluding hydrogens is 354 g/mol. The summed E-state index contributed by atoms with van der Waals surface area (Å²) in [5.41, 5.74) is -0.570. The minimum atomic E-state index is -0.878. The molecule has 1 amide bonds. The van der Waals surface area contributed by atoms with Crippen molar-refractivity contribution in [2.24, 2.45) is 9.98 Å². The van der Waals surface area contributed by atoms with Crippen molar-refractivity contribution in [3.05, 3.63) is 28.3 Å². The third-order valence-electron chi connectivity index (χ3n) is 4.20. The van der Waals surface area contributed by atoms with Crippen molar-refractivity contribution in [3.8, 4) is 5.75 Å². The summed E-state index contributed by atoms with van der Waals surface area (Å²) < 4.78 is 10.4. The van der Waals surface area contributed by atoms with Crippen LogP contribution in [0.15, 0.2) is 31.3 Å². The number of hydrogen-bond donors (Lipinski definition) is 1. The molecule has 1 aromatic heterocycles. The van der Waals surface area contributed by atoms with E-state index in [0.29, 0.717) is 23.7 Å². The largest absolute Gasteiger partial charge is 0.496 e. The smallest absolute Gasteiger partial charge is 0.339 e. The van der Waals surface area contributed by atoms with Crippen molar-refractivity contribution < 1.29 is 13.9 Å². The van der Waals surface area contributed by atoms with Gasteiger partial charge in [0, 0.05) is 18.9 Å². The number of hydrogen-bond acceptors (Lipinski definition) is 7. The Balaban J connectivity index is 2.25. The van der Waals surface area contributed by atoms with Gasteiger partial charge < -0.3 is 14.5 Å². The van der Waals surface area contributed by atoms with E-state index in [1.807, 2.05) is 13.8 Å². The number of carbonyl (C=O) groups excluding carboxylic acids is 1. The van der Waals surface area contributed by atoms with Gasteiger partial charge in [0.25, 0.3) is 0 Å². The summed E-state index contributed by atoms with van der Waals surface area (Å²) in [4.78, 5) is 33.3. The van der Waals surface area contributed by atoms with Gasteiger partial charge in [0.05, 0.1) is 24.9 Å². The van der Waals surface area contributed by atoms with E-state index < -0.39 is 17.2 Å². The van der Waals surface area contributed by atoms with Crippen molar-refractivity contribution in [2.45, 2.75) is 45.2 Å². The summed E-state index contributed by atoms with van der Waals surface area (Å²) in [5.74, 6) is 1.13. The van der Waals surface area contributed by atoms with Gasteiger partial charge in [-0.15, -0.1) is 11.8 Å². The molecule has 2 atom stereocenters. The zero-order valence-corrected chi connectivity index (χ0v) is 16.6. The summed E-state index contributed by atoms with van der Waals surface area (Å²) in [6, 6.07) is 2.49. The molecule has 0 bridgehead atoms. The van der Waals surface area contributed by atoms with Crippen molar-refractivity contribution in [1.29, 1.82) is 0 Å². The van der Waals surface area contributed by atoms with Gasteiger partial charge >= 0.3 is 5.63 Å². The summed E-state index contributed by atoms with van der Waals surface area (Å²) >= 11 is 1.52. The number of nitrogens with one attached hydrogen (secondary N) is 1. The maximum Gasteiger partial charge on any atom is 0.339 e. The van der Waals surface area contributed by atoms with Crippen LogP contribution in [0.3, 0.4) is 0 Å². The van der Waals surface area contributed by atoms with Crippen LogP contribution in [0.25, 0.3) is 0 Å². The summed E-state index contributed by atoms with van der Waals surface area (Å²) in [6.45, 7) is 5.68. The predicted molar refractivity (Wildman–Crippen MR) is 105 cm³/mol. The summed E-state index contributed by atoms with van der Waals surface area (Å²) in [6.07, 6.45) is 1.45. The summed E-state index contributed by atoms with van der Waals surface area (Å²) in [5, 5.41) is 3.77. The third kappa shape index (κ3) is 4.55. The van der Waals surface area contributed by atoms with Crippen LogP contribution in [0.4, 0.5) is 0 Å². The number of ether oxygens (including phenoxy) is 1. The Bertz CT molecular complexity index is 787. The van der Waals surface area contributed by atoms with Crippen LogP contribution in [0.2, 0.25) is 0 Å². The Kier molecular flexibility index (Phi) is 6.63. The van der Waals surface area contributed by atoms with E-state index in [4.69, 9.17) is 9.15 Å². The molecule has 142 valence electrons. The molecule has 0 saturated carbocycles. The first-order valence-electron chi connectivity index (χ1n) is 8.49. The number of methoxy groups -OCH3 is 1. The monoisotopic (exact) mass is 379 g/mol. The van der Waals surface area contributed by atoms with Gasteiger partial charge in [-0.1, -0.05) is 13.3 Å². The Labute approximate surface area is 157 Å². The van der Waals surface area contributed by atoms with E-state index in [-0.39, 0.29) is 5.91 Å². The van der Waals surface area contributed by atoms with E-state index in [1.165, 1.54) is 24.9 Å². The van der Waals surface area contributed by atoms with Gasteiger partial charge in [-0.2, -0.15) is 0 Å². The van der Waals surface area contributed by atoms with Gasteiger partial charge in [-0.25, -0.2) is 4.79 Å². The molecule has 0 aromatic carbocycles. The average Bonchev–Trinajstić information content (AvgIpc) is 3.03. The summed E-state index contributed by atoms with van der Waals surface area (Å²) in [7, 11) is 3.19. The minimum Gasteiger partial charge on any atom is -0.496 e. The van der Waals surface area contributed by atoms with Gasteiger partial charge in [0.15, 0.2) is 0 Å². The zero-order chi connectivity index (χ0) is 19.3. The van der Waals surface area contributed by atoms with Gasteiger partial charge in [0.1, 0.15) is 22.1 Å². The molecule has 0 fully saturated rings. The highest BCUT2D eigenvalue weighted by Crippen LogP contribution is 2.30. The van der Waals surface area contributed by atoms with Gasteiger partial charge in [0.2, 0.25) is 5.91 Å². The van der Waals surface area contributed by atoms with Crippen molar-refractivity contribution >= 4 is 28.4 Å².